The minimum atomic E-state index is -0.221. The van der Waals surface area contributed by atoms with Gasteiger partial charge in [-0.25, -0.2) is 4.98 Å². The van der Waals surface area contributed by atoms with Gasteiger partial charge in [0.15, 0.2) is 11.5 Å². The molecule has 0 aliphatic heterocycles. The monoisotopic (exact) mass is 418 g/mol. The predicted molar refractivity (Wildman–Crippen MR) is 102 cm³/mol. The van der Waals surface area contributed by atoms with Crippen LogP contribution in [0.25, 0.3) is 0 Å². The molecule has 1 heterocycles. The first-order valence-electron chi connectivity index (χ1n) is 7.97. The third kappa shape index (κ3) is 5.10. The molecule has 7 nitrogen and oxygen atoms in total. The van der Waals surface area contributed by atoms with Gasteiger partial charge in [-0.2, -0.15) is 5.26 Å². The second-order valence-electron chi connectivity index (χ2n) is 5.15. The van der Waals surface area contributed by atoms with Gasteiger partial charge < -0.3 is 20.1 Å². The van der Waals surface area contributed by atoms with Crippen molar-refractivity contribution in [2.75, 3.05) is 32.1 Å². The topological polar surface area (TPSA) is 96.3 Å². The van der Waals surface area contributed by atoms with Gasteiger partial charge in [0.2, 0.25) is 0 Å². The number of nitriles is 1. The van der Waals surface area contributed by atoms with E-state index in [4.69, 9.17) is 14.7 Å². The van der Waals surface area contributed by atoms with Gasteiger partial charge in [0.05, 0.1) is 23.8 Å². The van der Waals surface area contributed by atoms with Gasteiger partial charge in [0.1, 0.15) is 11.9 Å². The predicted octanol–water partition coefficient (Wildman–Crippen LogP) is 2.96. The Labute approximate surface area is 160 Å². The summed E-state index contributed by atoms with van der Waals surface area (Å²) < 4.78 is 11.5. The summed E-state index contributed by atoms with van der Waals surface area (Å²) in [6, 6.07) is 8.74. The first-order chi connectivity index (χ1) is 12.6. The van der Waals surface area contributed by atoms with E-state index in [-0.39, 0.29) is 5.91 Å². The third-order valence-electron chi connectivity index (χ3n) is 3.39. The number of nitrogens with zero attached hydrogens (tertiary/aromatic N) is 2. The van der Waals surface area contributed by atoms with Crippen LogP contribution < -0.4 is 20.1 Å². The van der Waals surface area contributed by atoms with Gasteiger partial charge in [-0.3, -0.25) is 4.79 Å². The fourth-order valence-corrected chi connectivity index (χ4v) is 2.73. The van der Waals surface area contributed by atoms with Gasteiger partial charge in [0, 0.05) is 24.8 Å². The molecule has 2 N–H and O–H groups in total. The number of carbonyl (C=O) groups is 1. The molecule has 0 atom stereocenters. The molecule has 26 heavy (non-hydrogen) atoms. The van der Waals surface area contributed by atoms with Crippen molar-refractivity contribution in [2.24, 2.45) is 0 Å². The number of amides is 1. The van der Waals surface area contributed by atoms with Crippen molar-refractivity contribution in [2.45, 2.75) is 6.92 Å². The summed E-state index contributed by atoms with van der Waals surface area (Å²) in [6.45, 7) is 3.28. The lowest BCUT2D eigenvalue weighted by Crippen LogP contribution is -2.29. The fraction of sp³-hybridized carbons (Fsp3) is 0.278. The standard InChI is InChI=1S/C18H19BrN4O3/c1-3-26-17-14(19)8-13(9-15(17)25-2)18(24)22-7-6-21-16-5-4-12(10-20)11-23-16/h4-5,8-9,11H,3,6-7H2,1-2H3,(H,21,23)(H,22,24). The summed E-state index contributed by atoms with van der Waals surface area (Å²) in [5.41, 5.74) is 0.965. The van der Waals surface area contributed by atoms with Crippen LogP contribution in [0.1, 0.15) is 22.8 Å². The van der Waals surface area contributed by atoms with Crippen molar-refractivity contribution in [3.05, 3.63) is 46.1 Å². The zero-order valence-electron chi connectivity index (χ0n) is 14.5. The molecule has 136 valence electrons. The molecule has 8 heteroatoms. The number of benzene rings is 1. The first-order valence-corrected chi connectivity index (χ1v) is 8.76. The van der Waals surface area contributed by atoms with E-state index in [1.165, 1.54) is 13.3 Å². The Morgan fingerprint density at radius 1 is 1.35 bits per heavy atom. The van der Waals surface area contributed by atoms with Crippen molar-refractivity contribution in [1.29, 1.82) is 5.26 Å². The smallest absolute Gasteiger partial charge is 0.251 e. The maximum Gasteiger partial charge on any atom is 0.251 e. The molecule has 0 bridgehead atoms. The first kappa shape index (κ1) is 19.5. The molecule has 0 saturated carbocycles. The number of hydrogen-bond acceptors (Lipinski definition) is 6. The van der Waals surface area contributed by atoms with Crippen LogP contribution >= 0.6 is 15.9 Å². The Morgan fingerprint density at radius 3 is 2.77 bits per heavy atom. The van der Waals surface area contributed by atoms with Crippen LogP contribution in [-0.4, -0.2) is 37.7 Å². The van der Waals surface area contributed by atoms with Crippen LogP contribution in [0.3, 0.4) is 0 Å². The molecule has 0 saturated heterocycles. The van der Waals surface area contributed by atoms with Crippen molar-refractivity contribution >= 4 is 27.7 Å². The van der Waals surface area contributed by atoms with E-state index in [1.54, 1.807) is 24.3 Å². The summed E-state index contributed by atoms with van der Waals surface area (Å²) in [5, 5.41) is 14.6. The number of nitrogens with one attached hydrogen (secondary N) is 2. The van der Waals surface area contributed by atoms with Gasteiger partial charge >= 0.3 is 0 Å². The Bertz CT molecular complexity index is 803. The van der Waals surface area contributed by atoms with Gasteiger partial charge in [0.25, 0.3) is 5.91 Å². The van der Waals surface area contributed by atoms with Crippen molar-refractivity contribution in [3.8, 4) is 17.6 Å². The highest BCUT2D eigenvalue weighted by Crippen LogP contribution is 2.36. The lowest BCUT2D eigenvalue weighted by Gasteiger charge is -2.13. The largest absolute Gasteiger partial charge is 0.493 e. The zero-order valence-corrected chi connectivity index (χ0v) is 16.1. The van der Waals surface area contributed by atoms with Crippen LogP contribution in [0.2, 0.25) is 0 Å². The van der Waals surface area contributed by atoms with E-state index in [0.29, 0.717) is 52.6 Å². The number of halogens is 1. The molecule has 0 aliphatic rings. The molecule has 1 amide bonds. The Balaban J connectivity index is 1.91. The lowest BCUT2D eigenvalue weighted by molar-refractivity contribution is 0.0954. The highest BCUT2D eigenvalue weighted by Gasteiger charge is 2.15. The summed E-state index contributed by atoms with van der Waals surface area (Å²) in [7, 11) is 1.53. The maximum absolute atomic E-state index is 12.3. The van der Waals surface area contributed by atoms with Crippen LogP contribution in [0.5, 0.6) is 11.5 Å². The molecule has 0 aliphatic carbocycles. The molecule has 1 aromatic carbocycles. The quantitative estimate of drug-likeness (QED) is 0.639. The number of carbonyl (C=O) groups excluding carboxylic acids is 1. The fourth-order valence-electron chi connectivity index (χ4n) is 2.17. The SMILES string of the molecule is CCOc1c(Br)cc(C(=O)NCCNc2ccc(C#N)cn2)cc1OC. The number of hydrogen-bond donors (Lipinski definition) is 2. The van der Waals surface area contributed by atoms with E-state index in [0.717, 1.165) is 0 Å². The molecule has 2 rings (SSSR count). The minimum Gasteiger partial charge on any atom is -0.493 e. The normalized spacial score (nSPS) is 9.92. The van der Waals surface area contributed by atoms with Crippen LogP contribution in [0.4, 0.5) is 5.82 Å². The average molecular weight is 419 g/mol. The number of aromatic nitrogens is 1. The number of anilines is 1. The molecule has 0 unspecified atom stereocenters. The number of ether oxygens (including phenoxy) is 2. The molecule has 0 fully saturated rings. The summed E-state index contributed by atoms with van der Waals surface area (Å²) in [4.78, 5) is 16.4. The van der Waals surface area contributed by atoms with Crippen LogP contribution in [0, 0.1) is 11.3 Å². The molecule has 0 spiro atoms. The molecular formula is C18H19BrN4O3. The molecule has 0 radical (unpaired) electrons. The minimum absolute atomic E-state index is 0.221. The summed E-state index contributed by atoms with van der Waals surface area (Å²) in [6.07, 6.45) is 1.49. The summed E-state index contributed by atoms with van der Waals surface area (Å²) >= 11 is 3.40. The molecule has 2 aromatic rings. The summed E-state index contributed by atoms with van der Waals surface area (Å²) in [5.74, 6) is 1.48. The Hall–Kier alpha value is -2.79. The highest BCUT2D eigenvalue weighted by atomic mass is 79.9. The van der Waals surface area contributed by atoms with E-state index in [9.17, 15) is 4.79 Å². The van der Waals surface area contributed by atoms with Crippen LogP contribution in [-0.2, 0) is 0 Å². The second-order valence-corrected chi connectivity index (χ2v) is 6.00. The number of pyridine rings is 1. The van der Waals surface area contributed by atoms with Gasteiger partial charge in [-0.05, 0) is 47.1 Å². The lowest BCUT2D eigenvalue weighted by atomic mass is 10.2. The number of rotatable bonds is 8. The Morgan fingerprint density at radius 2 is 2.15 bits per heavy atom. The van der Waals surface area contributed by atoms with Crippen molar-refractivity contribution in [1.82, 2.24) is 10.3 Å². The molecular weight excluding hydrogens is 400 g/mol. The van der Waals surface area contributed by atoms with Crippen LogP contribution in [0.15, 0.2) is 34.9 Å². The molecule has 1 aromatic heterocycles. The average Bonchev–Trinajstić information content (AvgIpc) is 2.67. The van der Waals surface area contributed by atoms with Gasteiger partial charge in [-0.15, -0.1) is 0 Å². The second kappa shape index (κ2) is 9.63. The highest BCUT2D eigenvalue weighted by molar-refractivity contribution is 9.10. The van der Waals surface area contributed by atoms with E-state index in [2.05, 4.69) is 31.5 Å². The van der Waals surface area contributed by atoms with Gasteiger partial charge in [-0.1, -0.05) is 0 Å². The van der Waals surface area contributed by atoms with Crippen molar-refractivity contribution < 1.29 is 14.3 Å². The maximum atomic E-state index is 12.3. The Kier molecular flexibility index (Phi) is 7.24. The zero-order chi connectivity index (χ0) is 18.9. The van der Waals surface area contributed by atoms with E-state index in [1.807, 2.05) is 13.0 Å². The number of methoxy groups -OCH3 is 1. The third-order valence-corrected chi connectivity index (χ3v) is 3.98. The van der Waals surface area contributed by atoms with Crippen molar-refractivity contribution in [3.63, 3.8) is 0 Å². The van der Waals surface area contributed by atoms with E-state index >= 15 is 0 Å². The van der Waals surface area contributed by atoms with E-state index < -0.39 is 0 Å².